The fraction of sp³-hybridized carbons (Fsp3) is 0.333. The Morgan fingerprint density at radius 3 is 2.64 bits per heavy atom. The molecule has 1 amide bonds. The first kappa shape index (κ1) is 22.4. The summed E-state index contributed by atoms with van der Waals surface area (Å²) in [6.45, 7) is 3.67. The molecule has 1 saturated heterocycles. The maximum atomic E-state index is 13.9. The Morgan fingerprint density at radius 1 is 1.24 bits per heavy atom. The largest absolute Gasteiger partial charge is 0.366 e. The number of piperidine rings is 1. The quantitative estimate of drug-likeness (QED) is 0.447. The van der Waals surface area contributed by atoms with E-state index in [4.69, 9.17) is 0 Å². The highest BCUT2D eigenvalue weighted by atomic mass is 19.1. The van der Waals surface area contributed by atoms with Crippen molar-refractivity contribution in [2.24, 2.45) is 13.0 Å². The zero-order valence-electron chi connectivity index (χ0n) is 18.6. The molecule has 2 aromatic carbocycles. The molecule has 1 aliphatic heterocycles. The zero-order valence-corrected chi connectivity index (χ0v) is 18.6. The molecule has 9 heteroatoms. The first-order valence-electron chi connectivity index (χ1n) is 10.9. The molecule has 1 unspecified atom stereocenters. The lowest BCUT2D eigenvalue weighted by molar-refractivity contribution is -0.384. The Bertz CT molecular complexity index is 1170. The van der Waals surface area contributed by atoms with Crippen molar-refractivity contribution in [1.82, 2.24) is 14.9 Å². The van der Waals surface area contributed by atoms with E-state index in [-0.39, 0.29) is 11.3 Å². The van der Waals surface area contributed by atoms with Crippen molar-refractivity contribution in [3.05, 3.63) is 87.7 Å². The molecular formula is C24H26FN5O3. The van der Waals surface area contributed by atoms with E-state index >= 15 is 0 Å². The number of benzene rings is 2. The average Bonchev–Trinajstić information content (AvgIpc) is 3.23. The second-order valence-corrected chi connectivity index (χ2v) is 8.49. The Balaban J connectivity index is 1.64. The van der Waals surface area contributed by atoms with Crippen LogP contribution in [0.3, 0.4) is 0 Å². The molecule has 0 bridgehead atoms. The lowest BCUT2D eigenvalue weighted by atomic mass is 9.98. The fourth-order valence-corrected chi connectivity index (χ4v) is 4.18. The minimum atomic E-state index is -0.726. The third-order valence-corrected chi connectivity index (χ3v) is 6.13. The number of hydrogen-bond donors (Lipinski definition) is 1. The summed E-state index contributed by atoms with van der Waals surface area (Å²) in [5, 5.41) is 14.7. The van der Waals surface area contributed by atoms with Crippen LogP contribution in [0.25, 0.3) is 0 Å². The fourth-order valence-electron chi connectivity index (χ4n) is 4.18. The van der Waals surface area contributed by atoms with Crippen LogP contribution < -0.4 is 10.2 Å². The van der Waals surface area contributed by atoms with Gasteiger partial charge in [-0.05, 0) is 48.6 Å². The molecule has 1 aromatic heterocycles. The van der Waals surface area contributed by atoms with Crippen molar-refractivity contribution in [1.29, 1.82) is 0 Å². The lowest BCUT2D eigenvalue weighted by Gasteiger charge is -2.31. The summed E-state index contributed by atoms with van der Waals surface area (Å²) in [5.41, 5.74) is 1.10. The second kappa shape index (κ2) is 9.40. The Labute approximate surface area is 191 Å². The standard InChI is InChI=1S/C24H26FN5O3/c1-16-8-11-29(12-9-16)20-7-6-18(15-21(20)30(32)33)24(31)27-22(23-26-10-13-28(23)2)17-4-3-5-19(25)14-17/h3-7,10,13-16,22H,8-9,11-12H2,1-2H3,(H,27,31). The van der Waals surface area contributed by atoms with Crippen molar-refractivity contribution in [2.45, 2.75) is 25.8 Å². The van der Waals surface area contributed by atoms with Crippen molar-refractivity contribution in [3.63, 3.8) is 0 Å². The van der Waals surface area contributed by atoms with Gasteiger partial charge >= 0.3 is 0 Å². The number of aromatic nitrogens is 2. The third-order valence-electron chi connectivity index (χ3n) is 6.13. The van der Waals surface area contributed by atoms with E-state index in [1.54, 1.807) is 48.3 Å². The van der Waals surface area contributed by atoms with Gasteiger partial charge in [0.15, 0.2) is 0 Å². The monoisotopic (exact) mass is 451 g/mol. The van der Waals surface area contributed by atoms with Crippen LogP contribution >= 0.6 is 0 Å². The number of amides is 1. The van der Waals surface area contributed by atoms with Crippen molar-refractivity contribution in [2.75, 3.05) is 18.0 Å². The molecule has 3 aromatic rings. The summed E-state index contributed by atoms with van der Waals surface area (Å²) < 4.78 is 15.6. The Morgan fingerprint density at radius 2 is 2.00 bits per heavy atom. The van der Waals surface area contributed by atoms with Gasteiger partial charge in [-0.2, -0.15) is 0 Å². The summed E-state index contributed by atoms with van der Waals surface area (Å²) in [6.07, 6.45) is 5.26. The Hall–Kier alpha value is -3.75. The van der Waals surface area contributed by atoms with Gasteiger partial charge in [0.1, 0.15) is 23.4 Å². The van der Waals surface area contributed by atoms with Gasteiger partial charge in [0.05, 0.1) is 4.92 Å². The van der Waals surface area contributed by atoms with E-state index < -0.39 is 22.7 Å². The Kier molecular flexibility index (Phi) is 6.39. The van der Waals surface area contributed by atoms with Crippen LogP contribution in [-0.4, -0.2) is 33.5 Å². The van der Waals surface area contributed by atoms with Gasteiger partial charge in [-0.25, -0.2) is 9.37 Å². The van der Waals surface area contributed by atoms with E-state index in [2.05, 4.69) is 17.2 Å². The van der Waals surface area contributed by atoms with Gasteiger partial charge in [-0.15, -0.1) is 0 Å². The molecule has 1 fully saturated rings. The topological polar surface area (TPSA) is 93.3 Å². The molecule has 2 heterocycles. The predicted octanol–water partition coefficient (Wildman–Crippen LogP) is 4.22. The van der Waals surface area contributed by atoms with Crippen LogP contribution in [0.15, 0.2) is 54.9 Å². The third kappa shape index (κ3) is 4.87. The van der Waals surface area contributed by atoms with Gasteiger partial charge in [-0.3, -0.25) is 14.9 Å². The number of aryl methyl sites for hydroxylation is 1. The first-order chi connectivity index (χ1) is 15.8. The van der Waals surface area contributed by atoms with Gasteiger partial charge in [0.2, 0.25) is 0 Å². The summed E-state index contributed by atoms with van der Waals surface area (Å²) in [7, 11) is 1.78. The number of halogens is 1. The molecule has 0 spiro atoms. The summed E-state index contributed by atoms with van der Waals surface area (Å²) in [4.78, 5) is 30.8. The minimum absolute atomic E-state index is 0.100. The number of carbonyl (C=O) groups is 1. The molecule has 0 aliphatic carbocycles. The number of nitrogens with one attached hydrogen (secondary N) is 1. The second-order valence-electron chi connectivity index (χ2n) is 8.49. The van der Waals surface area contributed by atoms with Crippen molar-refractivity contribution < 1.29 is 14.1 Å². The van der Waals surface area contributed by atoms with E-state index in [0.717, 1.165) is 25.9 Å². The normalized spacial score (nSPS) is 15.3. The molecular weight excluding hydrogens is 425 g/mol. The smallest absolute Gasteiger partial charge is 0.293 e. The molecule has 1 atom stereocenters. The summed E-state index contributed by atoms with van der Waals surface area (Å²) >= 11 is 0. The highest BCUT2D eigenvalue weighted by Crippen LogP contribution is 2.32. The van der Waals surface area contributed by atoms with Crippen molar-refractivity contribution >= 4 is 17.3 Å². The van der Waals surface area contributed by atoms with Gasteiger partial charge in [0, 0.05) is 44.2 Å². The van der Waals surface area contributed by atoms with E-state index in [1.165, 1.54) is 18.2 Å². The van der Waals surface area contributed by atoms with Crippen LogP contribution in [0.2, 0.25) is 0 Å². The first-order valence-corrected chi connectivity index (χ1v) is 10.9. The van der Waals surface area contributed by atoms with Crippen LogP contribution in [0.5, 0.6) is 0 Å². The number of anilines is 1. The molecule has 4 rings (SSSR count). The number of nitrogens with zero attached hydrogens (tertiary/aromatic N) is 4. The van der Waals surface area contributed by atoms with Crippen LogP contribution in [-0.2, 0) is 7.05 Å². The molecule has 1 aliphatic rings. The SMILES string of the molecule is CC1CCN(c2ccc(C(=O)NC(c3cccc(F)c3)c3nccn3C)cc2[N+](=O)[O-])CC1. The summed E-state index contributed by atoms with van der Waals surface area (Å²) in [5.74, 6) is 0.171. The number of carbonyl (C=O) groups excluding carboxylic acids is 1. The van der Waals surface area contributed by atoms with Crippen molar-refractivity contribution in [3.8, 4) is 0 Å². The van der Waals surface area contributed by atoms with E-state index in [1.807, 2.05) is 4.90 Å². The maximum Gasteiger partial charge on any atom is 0.293 e. The molecule has 1 N–H and O–H groups in total. The van der Waals surface area contributed by atoms with Gasteiger partial charge in [-0.1, -0.05) is 19.1 Å². The minimum Gasteiger partial charge on any atom is -0.366 e. The lowest BCUT2D eigenvalue weighted by Crippen LogP contribution is -2.33. The highest BCUT2D eigenvalue weighted by molar-refractivity contribution is 5.96. The highest BCUT2D eigenvalue weighted by Gasteiger charge is 2.27. The number of imidazole rings is 1. The molecule has 0 saturated carbocycles. The van der Waals surface area contributed by atoms with E-state index in [9.17, 15) is 19.3 Å². The molecule has 8 nitrogen and oxygen atoms in total. The number of hydrogen-bond acceptors (Lipinski definition) is 5. The van der Waals surface area contributed by atoms with Crippen LogP contribution in [0, 0.1) is 21.8 Å². The van der Waals surface area contributed by atoms with Crippen LogP contribution in [0.4, 0.5) is 15.8 Å². The van der Waals surface area contributed by atoms with Gasteiger partial charge in [0.25, 0.3) is 11.6 Å². The van der Waals surface area contributed by atoms with E-state index in [0.29, 0.717) is 23.0 Å². The zero-order chi connectivity index (χ0) is 23.5. The molecule has 172 valence electrons. The summed E-state index contributed by atoms with van der Waals surface area (Å²) in [6, 6.07) is 9.74. The maximum absolute atomic E-state index is 13.9. The predicted molar refractivity (Wildman–Crippen MR) is 123 cm³/mol. The molecule has 33 heavy (non-hydrogen) atoms. The average molecular weight is 452 g/mol. The van der Waals surface area contributed by atoms with Gasteiger partial charge < -0.3 is 14.8 Å². The number of rotatable bonds is 6. The number of nitro benzene ring substituents is 1. The number of nitro groups is 1. The van der Waals surface area contributed by atoms with Crippen LogP contribution in [0.1, 0.15) is 47.6 Å². The molecule has 0 radical (unpaired) electrons.